The van der Waals surface area contributed by atoms with Crippen LogP contribution in [0.15, 0.2) is 39.5 Å². The summed E-state index contributed by atoms with van der Waals surface area (Å²) in [4.78, 5) is 15.3. The van der Waals surface area contributed by atoms with Crippen LogP contribution >= 0.6 is 0 Å². The predicted molar refractivity (Wildman–Crippen MR) is 119 cm³/mol. The Morgan fingerprint density at radius 1 is 1.15 bits per heavy atom. The largest absolute Gasteiger partial charge is 0.507 e. The third-order valence-corrected chi connectivity index (χ3v) is 6.07. The summed E-state index contributed by atoms with van der Waals surface area (Å²) in [5.41, 5.74) is 0.536. The second-order valence-electron chi connectivity index (χ2n) is 8.77. The molecule has 1 aliphatic heterocycles. The summed E-state index contributed by atoms with van der Waals surface area (Å²) in [5, 5.41) is 10.4. The molecule has 0 bridgehead atoms. The summed E-state index contributed by atoms with van der Waals surface area (Å²) >= 11 is 0. The molecule has 0 saturated carbocycles. The Hall–Kier alpha value is -3.00. The average Bonchev–Trinajstić information content (AvgIpc) is 2.71. The molecule has 1 unspecified atom stereocenters. The van der Waals surface area contributed by atoms with E-state index in [-0.39, 0.29) is 40.6 Å². The molecule has 1 fully saturated rings. The van der Waals surface area contributed by atoms with Crippen molar-refractivity contribution in [1.82, 2.24) is 4.90 Å². The van der Waals surface area contributed by atoms with E-state index in [9.17, 15) is 23.1 Å². The van der Waals surface area contributed by atoms with E-state index in [0.29, 0.717) is 0 Å². The lowest BCUT2D eigenvalue weighted by atomic mass is 10.0. The van der Waals surface area contributed by atoms with Gasteiger partial charge in [-0.05, 0) is 75.5 Å². The van der Waals surface area contributed by atoms with E-state index < -0.39 is 23.1 Å². The van der Waals surface area contributed by atoms with Crippen molar-refractivity contribution in [3.63, 3.8) is 0 Å². The number of aryl methyl sites for hydroxylation is 2. The van der Waals surface area contributed by atoms with Crippen molar-refractivity contribution < 1.29 is 27.4 Å². The second-order valence-corrected chi connectivity index (χ2v) is 8.77. The lowest BCUT2D eigenvalue weighted by Gasteiger charge is -2.33. The van der Waals surface area contributed by atoms with E-state index in [1.165, 1.54) is 12.1 Å². The SMILES string of the molecule is Cc1cc(C)cc(Oc2c(C(F)(F)F)oc3c(CN4CCCCC4C)c(O)ccc3c2=O)c1. The zero-order valence-electron chi connectivity index (χ0n) is 18.8. The first-order valence-corrected chi connectivity index (χ1v) is 10.9. The van der Waals surface area contributed by atoms with Crippen LogP contribution in [0.5, 0.6) is 17.2 Å². The third-order valence-electron chi connectivity index (χ3n) is 6.07. The van der Waals surface area contributed by atoms with Crippen molar-refractivity contribution in [2.24, 2.45) is 0 Å². The van der Waals surface area contributed by atoms with Crippen LogP contribution < -0.4 is 10.2 Å². The van der Waals surface area contributed by atoms with Gasteiger partial charge < -0.3 is 14.3 Å². The Balaban J connectivity index is 1.89. The molecule has 2 heterocycles. The first-order valence-electron chi connectivity index (χ1n) is 10.9. The Labute approximate surface area is 189 Å². The minimum absolute atomic E-state index is 0.0696. The minimum Gasteiger partial charge on any atom is -0.507 e. The molecule has 0 aliphatic carbocycles. The molecule has 2 aromatic carbocycles. The topological polar surface area (TPSA) is 62.9 Å². The summed E-state index contributed by atoms with van der Waals surface area (Å²) in [6, 6.07) is 7.74. The Bertz CT molecular complexity index is 1230. The van der Waals surface area contributed by atoms with E-state index in [1.54, 1.807) is 26.0 Å². The van der Waals surface area contributed by atoms with Gasteiger partial charge in [-0.15, -0.1) is 0 Å². The van der Waals surface area contributed by atoms with Gasteiger partial charge in [0.15, 0.2) is 0 Å². The fourth-order valence-corrected chi connectivity index (χ4v) is 4.42. The summed E-state index contributed by atoms with van der Waals surface area (Å²) in [7, 11) is 0. The minimum atomic E-state index is -4.97. The molecular formula is C25H26F3NO4. The van der Waals surface area contributed by atoms with E-state index in [2.05, 4.69) is 4.90 Å². The highest BCUT2D eigenvalue weighted by atomic mass is 19.4. The van der Waals surface area contributed by atoms with Crippen LogP contribution in [-0.2, 0) is 12.7 Å². The monoisotopic (exact) mass is 461 g/mol. The van der Waals surface area contributed by atoms with Crippen molar-refractivity contribution in [3.05, 3.63) is 63.0 Å². The number of benzene rings is 2. The molecule has 0 amide bonds. The van der Waals surface area contributed by atoms with Gasteiger partial charge in [-0.2, -0.15) is 13.2 Å². The molecule has 0 spiro atoms. The van der Waals surface area contributed by atoms with Crippen molar-refractivity contribution >= 4 is 11.0 Å². The number of hydrogen-bond donors (Lipinski definition) is 1. The Morgan fingerprint density at radius 3 is 2.48 bits per heavy atom. The van der Waals surface area contributed by atoms with E-state index in [1.807, 2.05) is 13.0 Å². The van der Waals surface area contributed by atoms with Gasteiger partial charge in [-0.3, -0.25) is 9.69 Å². The summed E-state index contributed by atoms with van der Waals surface area (Å²) in [6.07, 6.45) is -1.98. The first kappa shape index (κ1) is 23.2. The number of fused-ring (bicyclic) bond motifs is 1. The quantitative estimate of drug-likeness (QED) is 0.494. The van der Waals surface area contributed by atoms with Gasteiger partial charge in [0.05, 0.1) is 10.9 Å². The molecular weight excluding hydrogens is 435 g/mol. The van der Waals surface area contributed by atoms with E-state index in [4.69, 9.17) is 9.15 Å². The van der Waals surface area contributed by atoms with Crippen LogP contribution in [0.25, 0.3) is 11.0 Å². The zero-order chi connectivity index (χ0) is 23.9. The number of nitrogens with zero attached hydrogens (tertiary/aromatic N) is 1. The highest BCUT2D eigenvalue weighted by molar-refractivity contribution is 5.83. The van der Waals surface area contributed by atoms with Gasteiger partial charge in [0, 0.05) is 12.6 Å². The number of aromatic hydroxyl groups is 1. The van der Waals surface area contributed by atoms with Crippen LogP contribution in [-0.4, -0.2) is 22.6 Å². The molecule has 0 radical (unpaired) electrons. The maximum absolute atomic E-state index is 14.0. The molecule has 5 nitrogen and oxygen atoms in total. The molecule has 176 valence electrons. The fourth-order valence-electron chi connectivity index (χ4n) is 4.42. The molecule has 3 aromatic rings. The second kappa shape index (κ2) is 8.74. The fraction of sp³-hybridized carbons (Fsp3) is 0.400. The van der Waals surface area contributed by atoms with Crippen molar-refractivity contribution in [3.8, 4) is 17.2 Å². The number of ether oxygens (including phenoxy) is 1. The lowest BCUT2D eigenvalue weighted by molar-refractivity contribution is -0.154. The van der Waals surface area contributed by atoms with Crippen molar-refractivity contribution in [2.45, 2.75) is 58.8 Å². The van der Waals surface area contributed by atoms with Crippen LogP contribution in [0, 0.1) is 13.8 Å². The highest BCUT2D eigenvalue weighted by Crippen LogP contribution is 2.40. The van der Waals surface area contributed by atoms with Crippen LogP contribution in [0.1, 0.15) is 48.6 Å². The van der Waals surface area contributed by atoms with Gasteiger partial charge in [-0.25, -0.2) is 0 Å². The molecule has 4 rings (SSSR count). The maximum Gasteiger partial charge on any atom is 0.453 e. The molecule has 1 saturated heterocycles. The van der Waals surface area contributed by atoms with Gasteiger partial charge >= 0.3 is 6.18 Å². The molecule has 1 aliphatic rings. The number of piperidine rings is 1. The number of phenols is 1. The first-order chi connectivity index (χ1) is 15.5. The standard InChI is InChI=1S/C25H26F3NO4/c1-14-10-15(2)12-17(11-14)32-23-21(31)18-7-8-20(30)19(13-29-9-5-4-6-16(29)3)22(18)33-24(23)25(26,27)28/h7-8,10-12,16,30H,4-6,9,13H2,1-3H3. The summed E-state index contributed by atoms with van der Waals surface area (Å²) in [6.45, 7) is 6.53. The van der Waals surface area contributed by atoms with E-state index in [0.717, 1.165) is 36.9 Å². The number of halogens is 3. The van der Waals surface area contributed by atoms with Gasteiger partial charge in [-0.1, -0.05) is 12.5 Å². The maximum atomic E-state index is 14.0. The van der Waals surface area contributed by atoms with Crippen molar-refractivity contribution in [1.29, 1.82) is 0 Å². The normalized spacial score (nSPS) is 17.5. The van der Waals surface area contributed by atoms with Crippen LogP contribution in [0.4, 0.5) is 13.2 Å². The number of hydrogen-bond acceptors (Lipinski definition) is 5. The Morgan fingerprint density at radius 2 is 1.85 bits per heavy atom. The lowest BCUT2D eigenvalue weighted by Crippen LogP contribution is -2.36. The molecule has 1 aromatic heterocycles. The van der Waals surface area contributed by atoms with Crippen LogP contribution in [0.3, 0.4) is 0 Å². The number of likely N-dealkylation sites (tertiary alicyclic amines) is 1. The van der Waals surface area contributed by atoms with Gasteiger partial charge in [0.2, 0.25) is 11.2 Å². The van der Waals surface area contributed by atoms with Crippen molar-refractivity contribution in [2.75, 3.05) is 6.54 Å². The third kappa shape index (κ3) is 4.71. The molecule has 8 heteroatoms. The molecule has 1 atom stereocenters. The van der Waals surface area contributed by atoms with Gasteiger partial charge in [0.25, 0.3) is 5.76 Å². The summed E-state index contributed by atoms with van der Waals surface area (Å²) < 4.78 is 52.8. The molecule has 33 heavy (non-hydrogen) atoms. The number of alkyl halides is 3. The van der Waals surface area contributed by atoms with Gasteiger partial charge in [0.1, 0.15) is 17.1 Å². The highest BCUT2D eigenvalue weighted by Gasteiger charge is 2.41. The van der Waals surface area contributed by atoms with E-state index >= 15 is 0 Å². The van der Waals surface area contributed by atoms with Crippen LogP contribution in [0.2, 0.25) is 0 Å². The Kier molecular flexibility index (Phi) is 6.14. The predicted octanol–water partition coefficient (Wildman–Crippen LogP) is 6.30. The number of phenolic OH excluding ortho intramolecular Hbond substituents is 1. The molecule has 1 N–H and O–H groups in total. The summed E-state index contributed by atoms with van der Waals surface area (Å²) in [5.74, 6) is -2.52. The smallest absolute Gasteiger partial charge is 0.453 e. The number of rotatable bonds is 4. The zero-order valence-corrected chi connectivity index (χ0v) is 18.8. The average molecular weight is 461 g/mol.